The van der Waals surface area contributed by atoms with E-state index in [1.807, 2.05) is 0 Å². The second kappa shape index (κ2) is 33.0. The van der Waals surface area contributed by atoms with Gasteiger partial charge in [-0.25, -0.2) is 4.98 Å². The summed E-state index contributed by atoms with van der Waals surface area (Å²) in [5, 5.41) is 27.9. The zero-order valence-electron chi connectivity index (χ0n) is 40.9. The Hall–Kier alpha value is -6.79. The fourth-order valence-corrected chi connectivity index (χ4v) is 7.35. The van der Waals surface area contributed by atoms with Crippen LogP contribution in [0.5, 0.6) is 0 Å². The number of aliphatic imine (C=N–C) groups is 1. The van der Waals surface area contributed by atoms with Gasteiger partial charge in [-0.3, -0.25) is 48.1 Å². The maximum absolute atomic E-state index is 14.2. The number of carbonyl (C=O) groups is 9. The van der Waals surface area contributed by atoms with Crippen LogP contribution in [-0.4, -0.2) is 173 Å². The number of guanidine groups is 1. The van der Waals surface area contributed by atoms with Gasteiger partial charge >= 0.3 is 0 Å². The molecule has 1 aliphatic heterocycles. The Morgan fingerprint density at radius 3 is 2.10 bits per heavy atom. The topological polar surface area (TPSA) is 511 Å². The van der Waals surface area contributed by atoms with Gasteiger partial charge in [0.2, 0.25) is 47.3 Å². The highest BCUT2D eigenvalue weighted by Crippen LogP contribution is 2.20. The van der Waals surface area contributed by atoms with Crippen LogP contribution in [0.3, 0.4) is 0 Å². The number of primary amides is 1. The number of nitrogens with zero attached hydrogens (tertiary/aromatic N) is 3. The molecule has 1 aromatic rings. The van der Waals surface area contributed by atoms with Crippen molar-refractivity contribution in [2.75, 3.05) is 45.8 Å². The van der Waals surface area contributed by atoms with Crippen LogP contribution in [0.2, 0.25) is 0 Å². The molecule has 1 saturated heterocycles. The van der Waals surface area contributed by atoms with E-state index in [9.17, 15) is 48.3 Å². The van der Waals surface area contributed by atoms with Crippen LogP contribution in [0.1, 0.15) is 83.2 Å². The summed E-state index contributed by atoms with van der Waals surface area (Å²) < 4.78 is 0. The van der Waals surface area contributed by atoms with Gasteiger partial charge < -0.3 is 98.1 Å². The Balaban J connectivity index is 2.22. The average Bonchev–Trinajstić information content (AvgIpc) is 4.07. The summed E-state index contributed by atoms with van der Waals surface area (Å²) in [5.74, 6) is -7.26. The number of aliphatic hydroxyl groups is 1. The van der Waals surface area contributed by atoms with Gasteiger partial charge in [0.1, 0.15) is 41.9 Å². The fourth-order valence-electron chi connectivity index (χ4n) is 7.35. The third-order valence-corrected chi connectivity index (χ3v) is 11.4. The fraction of sp³-hybridized carbons (Fsp3) is 0.651. The van der Waals surface area contributed by atoms with Crippen LogP contribution >= 0.6 is 0 Å². The number of nitrogens with one attached hydrogen (secondary N) is 8. The Labute approximate surface area is 417 Å². The first-order chi connectivity index (χ1) is 34.3. The number of hydrogen-bond acceptors (Lipinski definition) is 17. The Bertz CT molecular complexity index is 2000. The van der Waals surface area contributed by atoms with E-state index in [0.717, 1.165) is 0 Å². The monoisotopic (exact) mass is 1020 g/mol. The van der Waals surface area contributed by atoms with Gasteiger partial charge in [0.25, 0.3) is 5.91 Å². The smallest absolute Gasteiger partial charge is 0.264 e. The van der Waals surface area contributed by atoms with Crippen LogP contribution in [-0.2, 0) is 49.6 Å². The minimum atomic E-state index is -1.56. The summed E-state index contributed by atoms with van der Waals surface area (Å²) >= 11 is 0. The van der Waals surface area contributed by atoms with Crippen molar-refractivity contribution in [1.29, 1.82) is 0 Å². The summed E-state index contributed by atoms with van der Waals surface area (Å²) in [7, 11) is 0. The molecule has 404 valence electrons. The zero-order valence-corrected chi connectivity index (χ0v) is 40.9. The number of aliphatic hydroxyl groups excluding tert-OH is 1. The van der Waals surface area contributed by atoms with Crippen LogP contribution in [0.4, 0.5) is 0 Å². The zero-order chi connectivity index (χ0) is 53.8. The number of H-pyrrole nitrogens is 1. The number of nitrogens with two attached hydrogens (primary N) is 8. The normalized spacial score (nSPS) is 16.3. The molecular weight excluding hydrogens is 943 g/mol. The molecule has 25 N–H and O–H groups in total. The molecule has 29 nitrogen and oxygen atoms in total. The van der Waals surface area contributed by atoms with E-state index in [4.69, 9.17) is 45.9 Å². The Morgan fingerprint density at radius 2 is 1.47 bits per heavy atom. The van der Waals surface area contributed by atoms with Gasteiger partial charge in [0, 0.05) is 31.5 Å². The predicted molar refractivity (Wildman–Crippen MR) is 263 cm³/mol. The van der Waals surface area contributed by atoms with E-state index < -0.39 is 115 Å². The summed E-state index contributed by atoms with van der Waals surface area (Å²) in [6.07, 6.45) is 5.79. The van der Waals surface area contributed by atoms with Gasteiger partial charge in [-0.05, 0) is 104 Å². The number of imidazole rings is 1. The van der Waals surface area contributed by atoms with Crippen LogP contribution in [0, 0.1) is 0 Å². The molecule has 72 heavy (non-hydrogen) atoms. The lowest BCUT2D eigenvalue weighted by molar-refractivity contribution is -0.142. The maximum atomic E-state index is 14.2. The van der Waals surface area contributed by atoms with E-state index in [1.54, 1.807) is 6.20 Å². The molecule has 1 aliphatic rings. The van der Waals surface area contributed by atoms with Crippen molar-refractivity contribution in [1.82, 2.24) is 52.1 Å². The number of carbonyl (C=O) groups excluding carboxylic acids is 9. The molecule has 0 radical (unpaired) electrons. The Morgan fingerprint density at radius 1 is 0.806 bits per heavy atom. The molecule has 8 atom stereocenters. The summed E-state index contributed by atoms with van der Waals surface area (Å²) in [6.45, 7) is 1.18. The van der Waals surface area contributed by atoms with Crippen molar-refractivity contribution in [2.45, 2.75) is 132 Å². The second-order valence-electron chi connectivity index (χ2n) is 17.1. The average molecular weight is 1020 g/mol. The van der Waals surface area contributed by atoms with Crippen LogP contribution < -0.4 is 83.1 Å². The third kappa shape index (κ3) is 21.7. The van der Waals surface area contributed by atoms with Gasteiger partial charge in [0.15, 0.2) is 5.96 Å². The number of rotatable bonds is 34. The lowest BCUT2D eigenvalue weighted by Gasteiger charge is -2.30. The number of hydrogen-bond donors (Lipinski definition) is 17. The first kappa shape index (κ1) is 61.3. The molecule has 0 spiro atoms. The molecule has 9 amide bonds. The number of likely N-dealkylation sites (tertiary alicyclic amines) is 1. The van der Waals surface area contributed by atoms with Crippen molar-refractivity contribution in [3.05, 3.63) is 30.0 Å². The summed E-state index contributed by atoms with van der Waals surface area (Å²) in [4.78, 5) is 132. The molecule has 0 saturated carbocycles. The van der Waals surface area contributed by atoms with Crippen LogP contribution in [0.25, 0.3) is 0 Å². The molecule has 2 rings (SSSR count). The lowest BCUT2D eigenvalue weighted by Crippen LogP contribution is -2.60. The number of aryl methyl sites for hydroxylation is 1. The number of aromatic nitrogens is 2. The lowest BCUT2D eigenvalue weighted by atomic mass is 10.0. The first-order valence-electron chi connectivity index (χ1n) is 23.9. The minimum absolute atomic E-state index is 0.0229. The highest BCUT2D eigenvalue weighted by Gasteiger charge is 2.39. The third-order valence-electron chi connectivity index (χ3n) is 11.4. The van der Waals surface area contributed by atoms with Gasteiger partial charge in [0.05, 0.1) is 25.0 Å². The van der Waals surface area contributed by atoms with E-state index in [1.165, 1.54) is 24.2 Å². The van der Waals surface area contributed by atoms with Gasteiger partial charge in [-0.15, -0.1) is 0 Å². The molecule has 0 bridgehead atoms. The maximum Gasteiger partial charge on any atom is 0.264 e. The van der Waals surface area contributed by atoms with E-state index >= 15 is 0 Å². The van der Waals surface area contributed by atoms with Crippen LogP contribution in [0.15, 0.2) is 29.3 Å². The van der Waals surface area contributed by atoms with Crippen molar-refractivity contribution in [3.8, 4) is 0 Å². The molecule has 2 heterocycles. The molecule has 1 fully saturated rings. The molecule has 0 aromatic carbocycles. The minimum Gasteiger partial charge on any atom is -0.389 e. The first-order valence-corrected chi connectivity index (χ1v) is 23.9. The molecule has 0 aliphatic carbocycles. The Kier molecular flexibility index (Phi) is 28.1. The molecule has 0 unspecified atom stereocenters. The van der Waals surface area contributed by atoms with Crippen molar-refractivity contribution in [3.63, 3.8) is 0 Å². The number of unbranched alkanes of at least 4 members (excludes halogenated alkanes) is 1. The predicted octanol–water partition coefficient (Wildman–Crippen LogP) is -7.70. The highest BCUT2D eigenvalue weighted by molar-refractivity contribution is 6.00. The van der Waals surface area contributed by atoms with Crippen molar-refractivity contribution >= 4 is 59.1 Å². The molecule has 1 aromatic heterocycles. The van der Waals surface area contributed by atoms with Gasteiger partial charge in [-0.2, -0.15) is 0 Å². The molecular formula is C43H77N19O10. The van der Waals surface area contributed by atoms with Crippen molar-refractivity contribution < 1.29 is 48.3 Å². The molecule has 29 heteroatoms. The second-order valence-corrected chi connectivity index (χ2v) is 17.1. The number of aromatic amines is 1. The van der Waals surface area contributed by atoms with Crippen molar-refractivity contribution in [2.24, 2.45) is 50.9 Å². The highest BCUT2D eigenvalue weighted by atomic mass is 16.3. The standard InChI is InChI=1S/C43H77N19O10/c1-24(56-41(71)34(32(63)20-47)61-37(67)26(48)8-4-16-45)36(66)54-22-33(64)57-30(10-5-17-46)42(72)62-19-7-12-31(62)40(70)60-29(14-13-25-21-52-23-55-25)39(69)59-28(9-2-3-15-44)38(68)58-27(35(49)65)11-6-18-53-43(50)51/h11,21,23-24,26,28-32,34,63H,2-10,12-20,22,44-48H2,1H3,(H2,49,65)(H,52,55)(H,54,66)(H,56,71)(H,57,64)(H,58,68)(H,59,69)(H,60,70)(H,61,67)(H4,50,51,53)/b27-11-/t24-,26-,28-,29-,30+,31-,32-,34-/m0/s1. The van der Waals surface area contributed by atoms with E-state index in [-0.39, 0.29) is 89.2 Å². The van der Waals surface area contributed by atoms with E-state index in [0.29, 0.717) is 37.9 Å². The summed E-state index contributed by atoms with van der Waals surface area (Å²) in [5.41, 5.74) is 44.9. The summed E-state index contributed by atoms with van der Waals surface area (Å²) in [6, 6.07) is -8.61. The largest absolute Gasteiger partial charge is 0.389 e. The number of amides is 9. The SMILES string of the molecule is C[C@H](NC(=O)[C@@H](NC(=O)[C@@H](N)CCCN)[C@@H](O)CN)C(=O)NCC(=O)N[C@H](CCCN)C(=O)N1CCC[C@H]1C(=O)N[C@@H](CCc1cnc[nH]1)C(=O)N[C@@H](CCCCN)C(=O)N/C(=C\CCN=C(N)N)C(N)=O. The van der Waals surface area contributed by atoms with E-state index in [2.05, 4.69) is 52.2 Å². The van der Waals surface area contributed by atoms with Gasteiger partial charge in [-0.1, -0.05) is 6.08 Å². The quantitative estimate of drug-likeness (QED) is 0.0132.